The van der Waals surface area contributed by atoms with Crippen LogP contribution in [-0.2, 0) is 0 Å². The number of hydrogen-bond acceptors (Lipinski definition) is 1. The van der Waals surface area contributed by atoms with Crippen molar-refractivity contribution in [3.8, 4) is 0 Å². The molecule has 1 aliphatic carbocycles. The largest absolute Gasteiger partial charge is 0.300 e. The van der Waals surface area contributed by atoms with Gasteiger partial charge in [-0.05, 0) is 49.5 Å². The molecule has 0 aromatic carbocycles. The molecule has 1 saturated carbocycles. The van der Waals surface area contributed by atoms with Crippen molar-refractivity contribution in [2.75, 3.05) is 13.1 Å². The molecule has 1 unspecified atom stereocenters. The molecular formula is C15H29N. The van der Waals surface area contributed by atoms with E-state index in [-0.39, 0.29) is 0 Å². The Morgan fingerprint density at radius 3 is 2.25 bits per heavy atom. The van der Waals surface area contributed by atoms with Gasteiger partial charge in [0, 0.05) is 12.6 Å². The summed E-state index contributed by atoms with van der Waals surface area (Å²) in [6, 6.07) is 0.878. The van der Waals surface area contributed by atoms with Gasteiger partial charge < -0.3 is 0 Å². The highest BCUT2D eigenvalue weighted by Crippen LogP contribution is 2.39. The van der Waals surface area contributed by atoms with Gasteiger partial charge in [-0.15, -0.1) is 0 Å². The van der Waals surface area contributed by atoms with E-state index in [0.717, 1.165) is 6.04 Å². The molecule has 16 heavy (non-hydrogen) atoms. The highest BCUT2D eigenvalue weighted by atomic mass is 15.2. The maximum Gasteiger partial charge on any atom is 0.0101 e. The first-order chi connectivity index (χ1) is 7.38. The van der Waals surface area contributed by atoms with Crippen LogP contribution < -0.4 is 0 Å². The minimum Gasteiger partial charge on any atom is -0.300 e. The Morgan fingerprint density at radius 1 is 0.938 bits per heavy atom. The standard InChI is InChI=1S/C15H29N/c1-14(2)8-5-7-13(11-14)16-10-6-9-15(3,4)12-16/h13H,5-12H2,1-4H3. The molecule has 0 bridgehead atoms. The monoisotopic (exact) mass is 223 g/mol. The van der Waals surface area contributed by atoms with Crippen molar-refractivity contribution in [1.82, 2.24) is 4.90 Å². The van der Waals surface area contributed by atoms with Crippen molar-refractivity contribution in [1.29, 1.82) is 0 Å². The van der Waals surface area contributed by atoms with Crippen molar-refractivity contribution in [2.24, 2.45) is 10.8 Å². The second kappa shape index (κ2) is 4.33. The van der Waals surface area contributed by atoms with Gasteiger partial charge in [0.1, 0.15) is 0 Å². The van der Waals surface area contributed by atoms with Crippen LogP contribution in [0.1, 0.15) is 66.2 Å². The molecule has 1 aliphatic heterocycles. The number of likely N-dealkylation sites (tertiary alicyclic amines) is 1. The lowest BCUT2D eigenvalue weighted by atomic mass is 9.73. The fraction of sp³-hybridized carbons (Fsp3) is 1.00. The first kappa shape index (κ1) is 12.4. The Bertz CT molecular complexity index is 216. The van der Waals surface area contributed by atoms with Crippen LogP contribution in [0.2, 0.25) is 0 Å². The molecule has 0 N–H and O–H groups in total. The number of hydrogen-bond donors (Lipinski definition) is 0. The molecule has 1 heteroatoms. The van der Waals surface area contributed by atoms with Crippen LogP contribution in [0.15, 0.2) is 0 Å². The van der Waals surface area contributed by atoms with Crippen LogP contribution in [0, 0.1) is 10.8 Å². The molecule has 94 valence electrons. The fourth-order valence-corrected chi connectivity index (χ4v) is 3.75. The normalized spacial score (nSPS) is 34.9. The summed E-state index contributed by atoms with van der Waals surface area (Å²) in [5, 5.41) is 0. The highest BCUT2D eigenvalue weighted by Gasteiger charge is 2.35. The maximum absolute atomic E-state index is 2.80. The molecular weight excluding hydrogens is 194 g/mol. The molecule has 0 amide bonds. The van der Waals surface area contributed by atoms with Gasteiger partial charge in [-0.1, -0.05) is 34.1 Å². The Labute approximate surface area is 102 Å². The zero-order valence-corrected chi connectivity index (χ0v) is 11.7. The topological polar surface area (TPSA) is 3.24 Å². The molecule has 0 aromatic rings. The fourth-order valence-electron chi connectivity index (χ4n) is 3.75. The molecule has 0 spiro atoms. The van der Waals surface area contributed by atoms with E-state index in [9.17, 15) is 0 Å². The first-order valence-electron chi connectivity index (χ1n) is 7.12. The van der Waals surface area contributed by atoms with Gasteiger partial charge in [-0.25, -0.2) is 0 Å². The summed E-state index contributed by atoms with van der Waals surface area (Å²) in [4.78, 5) is 2.80. The van der Waals surface area contributed by atoms with E-state index in [1.54, 1.807) is 0 Å². The van der Waals surface area contributed by atoms with Gasteiger partial charge in [-0.2, -0.15) is 0 Å². The zero-order valence-electron chi connectivity index (χ0n) is 11.7. The molecule has 2 fully saturated rings. The molecule has 1 heterocycles. The van der Waals surface area contributed by atoms with Crippen molar-refractivity contribution in [3.63, 3.8) is 0 Å². The van der Waals surface area contributed by atoms with Crippen molar-refractivity contribution < 1.29 is 0 Å². The zero-order chi connectivity index (χ0) is 11.8. The predicted molar refractivity (Wildman–Crippen MR) is 70.6 cm³/mol. The average molecular weight is 223 g/mol. The molecule has 1 atom stereocenters. The van der Waals surface area contributed by atoms with E-state index in [1.807, 2.05) is 0 Å². The average Bonchev–Trinajstić information content (AvgIpc) is 2.14. The van der Waals surface area contributed by atoms with Crippen LogP contribution in [0.25, 0.3) is 0 Å². The smallest absolute Gasteiger partial charge is 0.0101 e. The Morgan fingerprint density at radius 2 is 1.62 bits per heavy atom. The first-order valence-corrected chi connectivity index (χ1v) is 7.12. The van der Waals surface area contributed by atoms with Crippen molar-refractivity contribution >= 4 is 0 Å². The van der Waals surface area contributed by atoms with Gasteiger partial charge in [0.2, 0.25) is 0 Å². The molecule has 1 saturated heterocycles. The summed E-state index contributed by atoms with van der Waals surface area (Å²) in [5.74, 6) is 0. The van der Waals surface area contributed by atoms with Gasteiger partial charge in [0.15, 0.2) is 0 Å². The van der Waals surface area contributed by atoms with Crippen LogP contribution in [-0.4, -0.2) is 24.0 Å². The number of rotatable bonds is 1. The van der Waals surface area contributed by atoms with E-state index >= 15 is 0 Å². The van der Waals surface area contributed by atoms with E-state index in [0.29, 0.717) is 10.8 Å². The molecule has 2 rings (SSSR count). The van der Waals surface area contributed by atoms with Crippen molar-refractivity contribution in [2.45, 2.75) is 72.3 Å². The van der Waals surface area contributed by atoms with Gasteiger partial charge in [-0.3, -0.25) is 4.90 Å². The predicted octanol–water partition coefficient (Wildman–Crippen LogP) is 4.08. The Kier molecular flexibility index (Phi) is 3.36. The Hall–Kier alpha value is -0.0400. The van der Waals surface area contributed by atoms with E-state index in [1.165, 1.54) is 51.6 Å². The number of piperidine rings is 1. The molecule has 0 aromatic heterocycles. The summed E-state index contributed by atoms with van der Waals surface area (Å²) in [6.07, 6.45) is 8.56. The third kappa shape index (κ3) is 3.00. The van der Waals surface area contributed by atoms with E-state index in [4.69, 9.17) is 0 Å². The second-order valence-corrected chi connectivity index (χ2v) is 7.65. The van der Waals surface area contributed by atoms with E-state index in [2.05, 4.69) is 32.6 Å². The molecule has 2 aliphatic rings. The lowest BCUT2D eigenvalue weighted by molar-refractivity contribution is 0.0339. The highest BCUT2D eigenvalue weighted by molar-refractivity contribution is 4.89. The third-order valence-electron chi connectivity index (χ3n) is 4.63. The summed E-state index contributed by atoms with van der Waals surface area (Å²) in [7, 11) is 0. The summed E-state index contributed by atoms with van der Waals surface area (Å²) in [6.45, 7) is 12.5. The van der Waals surface area contributed by atoms with Crippen LogP contribution in [0.3, 0.4) is 0 Å². The van der Waals surface area contributed by atoms with E-state index < -0.39 is 0 Å². The maximum atomic E-state index is 2.80. The summed E-state index contributed by atoms with van der Waals surface area (Å²) >= 11 is 0. The van der Waals surface area contributed by atoms with Gasteiger partial charge in [0.25, 0.3) is 0 Å². The lowest BCUT2D eigenvalue weighted by Crippen LogP contribution is -2.48. The second-order valence-electron chi connectivity index (χ2n) is 7.65. The minimum absolute atomic E-state index is 0.555. The summed E-state index contributed by atoms with van der Waals surface area (Å²) in [5.41, 5.74) is 1.14. The molecule has 0 radical (unpaired) electrons. The van der Waals surface area contributed by atoms with Crippen LogP contribution in [0.4, 0.5) is 0 Å². The summed E-state index contributed by atoms with van der Waals surface area (Å²) < 4.78 is 0. The minimum atomic E-state index is 0.555. The molecule has 1 nitrogen and oxygen atoms in total. The third-order valence-corrected chi connectivity index (χ3v) is 4.63. The SMILES string of the molecule is CC1(C)CCCC(N2CCCC(C)(C)C2)C1. The number of nitrogens with zero attached hydrogens (tertiary/aromatic N) is 1. The lowest BCUT2D eigenvalue weighted by Gasteiger charge is -2.46. The van der Waals surface area contributed by atoms with Crippen LogP contribution >= 0.6 is 0 Å². The van der Waals surface area contributed by atoms with Crippen molar-refractivity contribution in [3.05, 3.63) is 0 Å². The van der Waals surface area contributed by atoms with Gasteiger partial charge >= 0.3 is 0 Å². The Balaban J connectivity index is 1.96. The van der Waals surface area contributed by atoms with Gasteiger partial charge in [0.05, 0.1) is 0 Å². The van der Waals surface area contributed by atoms with Crippen LogP contribution in [0.5, 0.6) is 0 Å². The quantitative estimate of drug-likeness (QED) is 0.647.